The lowest BCUT2D eigenvalue weighted by Crippen LogP contribution is -2.56. The summed E-state index contributed by atoms with van der Waals surface area (Å²) < 4.78 is 26.7. The molecule has 9 nitrogen and oxygen atoms in total. The SMILES string of the molecule is COC1C(OC(=O)NC2CCC(NC(=O)CNS)CC2)CCC2(CO2)C1C1(C)O[C@@H]1CC=C(C)C. The molecule has 6 atom stereocenters. The van der Waals surface area contributed by atoms with Gasteiger partial charge in [0.05, 0.1) is 25.2 Å². The normalized spacial score (nSPS) is 40.0. The molecule has 2 saturated carbocycles. The Labute approximate surface area is 214 Å². The topological polar surface area (TPSA) is 114 Å². The summed E-state index contributed by atoms with van der Waals surface area (Å²) in [7, 11) is 1.68. The molecule has 0 aromatic carbocycles. The van der Waals surface area contributed by atoms with Crippen molar-refractivity contribution >= 4 is 24.8 Å². The number of allylic oxidation sites excluding steroid dienone is 1. The van der Waals surface area contributed by atoms with Gasteiger partial charge in [-0.3, -0.25) is 9.52 Å². The van der Waals surface area contributed by atoms with E-state index in [1.54, 1.807) is 7.11 Å². The Morgan fingerprint density at radius 3 is 2.34 bits per heavy atom. The number of hydrogen-bond acceptors (Lipinski definition) is 8. The van der Waals surface area contributed by atoms with Crippen LogP contribution < -0.4 is 15.4 Å². The molecule has 198 valence electrons. The molecule has 2 heterocycles. The van der Waals surface area contributed by atoms with Crippen molar-refractivity contribution in [3.63, 3.8) is 0 Å². The first-order valence-electron chi connectivity index (χ1n) is 12.8. The molecule has 5 unspecified atom stereocenters. The number of epoxide rings is 2. The maximum Gasteiger partial charge on any atom is 0.407 e. The number of carbonyl (C=O) groups is 2. The molecule has 4 rings (SSSR count). The van der Waals surface area contributed by atoms with Crippen molar-refractivity contribution < 1.29 is 28.5 Å². The van der Waals surface area contributed by atoms with Gasteiger partial charge in [0.15, 0.2) is 0 Å². The lowest BCUT2D eigenvalue weighted by molar-refractivity contribution is -0.120. The van der Waals surface area contributed by atoms with Crippen LogP contribution in [-0.2, 0) is 23.7 Å². The van der Waals surface area contributed by atoms with Crippen LogP contribution in [-0.4, -0.2) is 73.9 Å². The second-order valence-electron chi connectivity index (χ2n) is 10.9. The Balaban J connectivity index is 1.30. The van der Waals surface area contributed by atoms with Crippen LogP contribution in [0.1, 0.15) is 65.7 Å². The van der Waals surface area contributed by atoms with Crippen LogP contribution in [0.3, 0.4) is 0 Å². The number of rotatable bonds is 9. The molecule has 0 bridgehead atoms. The lowest BCUT2D eigenvalue weighted by atomic mass is 9.68. The van der Waals surface area contributed by atoms with Crippen LogP contribution in [0.5, 0.6) is 0 Å². The number of amides is 2. The second-order valence-corrected chi connectivity index (χ2v) is 11.2. The first-order valence-corrected chi connectivity index (χ1v) is 13.3. The van der Waals surface area contributed by atoms with Gasteiger partial charge in [0.1, 0.15) is 23.4 Å². The molecule has 10 heteroatoms. The highest BCUT2D eigenvalue weighted by molar-refractivity contribution is 7.78. The number of hydrogen-bond donors (Lipinski definition) is 4. The van der Waals surface area contributed by atoms with E-state index in [2.05, 4.69) is 55.0 Å². The fourth-order valence-corrected chi connectivity index (χ4v) is 6.28. The van der Waals surface area contributed by atoms with Crippen molar-refractivity contribution in [2.75, 3.05) is 20.3 Å². The van der Waals surface area contributed by atoms with E-state index in [0.29, 0.717) is 13.0 Å². The summed E-state index contributed by atoms with van der Waals surface area (Å²) >= 11 is 3.86. The standard InChI is InChI=1S/C25H41N3O6S/c1-15(2)5-10-19-24(3,34-19)22-21(31-4)18(11-12-25(22)14-32-25)33-23(30)28-17-8-6-16(7-9-17)27-20(29)13-26-35/h5,16-19,21-22,26,35H,6-14H2,1-4H3,(H,27,29)(H,28,30)/t16?,17?,18?,19-,21?,22?,24?,25?/m1/s1. The second kappa shape index (κ2) is 11.0. The highest BCUT2D eigenvalue weighted by Gasteiger charge is 2.72. The Bertz CT molecular complexity index is 809. The maximum atomic E-state index is 12.8. The quantitative estimate of drug-likeness (QED) is 0.214. The largest absolute Gasteiger partial charge is 0.443 e. The summed E-state index contributed by atoms with van der Waals surface area (Å²) in [6.45, 7) is 7.21. The number of nitrogens with one attached hydrogen (secondary N) is 3. The first kappa shape index (κ1) is 26.7. The summed E-state index contributed by atoms with van der Waals surface area (Å²) in [6.07, 6.45) is 6.91. The van der Waals surface area contributed by atoms with Gasteiger partial charge in [-0.15, -0.1) is 0 Å². The average molecular weight is 512 g/mol. The fraction of sp³-hybridized carbons (Fsp3) is 0.840. The average Bonchev–Trinajstić information content (AvgIpc) is 3.72. The van der Waals surface area contributed by atoms with Crippen molar-refractivity contribution in [1.82, 2.24) is 15.4 Å². The summed E-state index contributed by atoms with van der Waals surface area (Å²) in [5.41, 5.74) is 0.681. The van der Waals surface area contributed by atoms with Gasteiger partial charge in [-0.05, 0) is 65.7 Å². The third-order valence-corrected chi connectivity index (χ3v) is 8.31. The van der Waals surface area contributed by atoms with E-state index in [9.17, 15) is 9.59 Å². The molecule has 2 aliphatic heterocycles. The van der Waals surface area contributed by atoms with E-state index in [1.165, 1.54) is 5.57 Å². The maximum absolute atomic E-state index is 12.8. The minimum atomic E-state index is -0.404. The van der Waals surface area contributed by atoms with E-state index in [-0.39, 0.29) is 60.0 Å². The molecule has 1 spiro atoms. The van der Waals surface area contributed by atoms with Crippen LogP contribution in [0.4, 0.5) is 4.79 Å². The van der Waals surface area contributed by atoms with Crippen molar-refractivity contribution in [2.45, 2.75) is 107 Å². The molecule has 2 aliphatic carbocycles. The van der Waals surface area contributed by atoms with Gasteiger partial charge >= 0.3 is 6.09 Å². The van der Waals surface area contributed by atoms with Crippen molar-refractivity contribution in [2.24, 2.45) is 5.92 Å². The fourth-order valence-electron chi connectivity index (χ4n) is 6.14. The van der Waals surface area contributed by atoms with Crippen molar-refractivity contribution in [3.8, 4) is 0 Å². The Morgan fingerprint density at radius 1 is 1.11 bits per heavy atom. The zero-order valence-corrected chi connectivity index (χ0v) is 22.2. The monoisotopic (exact) mass is 511 g/mol. The third-order valence-electron chi connectivity index (χ3n) is 8.15. The predicted octanol–water partition coefficient (Wildman–Crippen LogP) is 2.65. The Hall–Kier alpha value is -1.33. The predicted molar refractivity (Wildman–Crippen MR) is 134 cm³/mol. The minimum Gasteiger partial charge on any atom is -0.443 e. The van der Waals surface area contributed by atoms with Gasteiger partial charge in [-0.2, -0.15) is 0 Å². The van der Waals surface area contributed by atoms with Crippen molar-refractivity contribution in [1.29, 1.82) is 0 Å². The van der Waals surface area contributed by atoms with Gasteiger partial charge < -0.3 is 29.6 Å². The summed E-state index contributed by atoms with van der Waals surface area (Å²) in [4.78, 5) is 24.6. The number of carbonyl (C=O) groups excluding carboxylic acids is 2. The van der Waals surface area contributed by atoms with Crippen LogP contribution >= 0.6 is 12.8 Å². The van der Waals surface area contributed by atoms with Gasteiger partial charge in [-0.25, -0.2) is 4.79 Å². The van der Waals surface area contributed by atoms with E-state index < -0.39 is 6.09 Å². The number of alkyl carbamates (subject to hydrolysis) is 1. The first-order chi connectivity index (χ1) is 16.7. The molecule has 3 N–H and O–H groups in total. The molecule has 0 radical (unpaired) electrons. The molecule has 4 fully saturated rings. The van der Waals surface area contributed by atoms with Crippen LogP contribution in [0.25, 0.3) is 0 Å². The van der Waals surface area contributed by atoms with Gasteiger partial charge in [-0.1, -0.05) is 24.5 Å². The Kier molecular flexibility index (Phi) is 8.37. The summed E-state index contributed by atoms with van der Waals surface area (Å²) in [5, 5.41) is 6.02. The molecule has 0 aromatic heterocycles. The smallest absolute Gasteiger partial charge is 0.407 e. The molecule has 4 aliphatic rings. The number of thiol groups is 1. The van der Waals surface area contributed by atoms with E-state index in [4.69, 9.17) is 18.9 Å². The Morgan fingerprint density at radius 2 is 1.77 bits per heavy atom. The van der Waals surface area contributed by atoms with Crippen LogP contribution in [0, 0.1) is 5.92 Å². The van der Waals surface area contributed by atoms with Crippen molar-refractivity contribution in [3.05, 3.63) is 11.6 Å². The molecule has 2 saturated heterocycles. The van der Waals surface area contributed by atoms with Gasteiger partial charge in [0.2, 0.25) is 5.91 Å². The summed E-state index contributed by atoms with van der Waals surface area (Å²) in [6, 6.07) is 0.165. The molecule has 35 heavy (non-hydrogen) atoms. The zero-order valence-electron chi connectivity index (χ0n) is 21.3. The molecular weight excluding hydrogens is 470 g/mol. The summed E-state index contributed by atoms with van der Waals surface area (Å²) in [5.74, 6) is -0.0602. The highest BCUT2D eigenvalue weighted by atomic mass is 32.1. The molecule has 2 amide bonds. The number of methoxy groups -OCH3 is 1. The minimum absolute atomic E-state index is 0.00732. The van der Waals surface area contributed by atoms with Crippen LogP contribution in [0.2, 0.25) is 0 Å². The van der Waals surface area contributed by atoms with Gasteiger partial charge in [0.25, 0.3) is 0 Å². The van der Waals surface area contributed by atoms with Gasteiger partial charge in [0, 0.05) is 19.2 Å². The number of ether oxygens (including phenoxy) is 4. The van der Waals surface area contributed by atoms with E-state index in [0.717, 1.165) is 38.5 Å². The van der Waals surface area contributed by atoms with E-state index >= 15 is 0 Å². The highest BCUT2D eigenvalue weighted by Crippen LogP contribution is 2.59. The van der Waals surface area contributed by atoms with Crippen LogP contribution in [0.15, 0.2) is 11.6 Å². The lowest BCUT2D eigenvalue weighted by Gasteiger charge is -2.42. The third kappa shape index (κ3) is 6.15. The molecule has 0 aromatic rings. The van der Waals surface area contributed by atoms with E-state index in [1.807, 2.05) is 0 Å². The molecular formula is C25H41N3O6S. The zero-order chi connectivity index (χ0) is 25.2.